The number of aromatic nitrogens is 2. The van der Waals surface area contributed by atoms with Gasteiger partial charge in [-0.25, -0.2) is 0 Å². The zero-order valence-corrected chi connectivity index (χ0v) is 13.7. The topological polar surface area (TPSA) is 36.3 Å². The van der Waals surface area contributed by atoms with Gasteiger partial charge in [0.05, 0.1) is 16.7 Å². The lowest BCUT2D eigenvalue weighted by molar-refractivity contribution is -0.0894. The molecule has 1 aliphatic heterocycles. The highest BCUT2D eigenvalue weighted by atomic mass is 16.7. The molecule has 2 heterocycles. The van der Waals surface area contributed by atoms with Gasteiger partial charge in [-0.05, 0) is 53.7 Å². The molecule has 114 valence electrons. The standard InChI is InChI=1S/C17H24N2O2/c1-11(2)19-10-13-9-12(7-8-14(13)18-19)15-20-16(3,4)17(5,6)21-15/h7-11,15H,1-6H3. The number of benzene rings is 1. The first-order valence-corrected chi connectivity index (χ1v) is 7.54. The molecule has 1 aliphatic rings. The van der Waals surface area contributed by atoms with Gasteiger partial charge in [-0.1, -0.05) is 6.07 Å². The Kier molecular flexibility index (Phi) is 3.15. The Morgan fingerprint density at radius 2 is 1.71 bits per heavy atom. The van der Waals surface area contributed by atoms with Crippen LogP contribution in [0.4, 0.5) is 0 Å². The molecule has 1 fully saturated rings. The summed E-state index contributed by atoms with van der Waals surface area (Å²) >= 11 is 0. The average molecular weight is 288 g/mol. The van der Waals surface area contributed by atoms with Gasteiger partial charge < -0.3 is 9.47 Å². The molecular weight excluding hydrogens is 264 g/mol. The minimum Gasteiger partial charge on any atom is -0.339 e. The Bertz CT molecular complexity index is 654. The molecule has 0 bridgehead atoms. The minimum absolute atomic E-state index is 0.311. The van der Waals surface area contributed by atoms with Crippen LogP contribution in [-0.4, -0.2) is 21.0 Å². The highest BCUT2D eigenvalue weighted by Crippen LogP contribution is 2.44. The Balaban J connectivity index is 1.95. The van der Waals surface area contributed by atoms with Crippen molar-refractivity contribution in [2.75, 3.05) is 0 Å². The fraction of sp³-hybridized carbons (Fsp3) is 0.588. The lowest BCUT2D eigenvalue weighted by Crippen LogP contribution is -2.41. The summed E-state index contributed by atoms with van der Waals surface area (Å²) < 4.78 is 14.2. The number of nitrogens with zero attached hydrogens (tertiary/aromatic N) is 2. The highest BCUT2D eigenvalue weighted by molar-refractivity contribution is 5.78. The Morgan fingerprint density at radius 1 is 1.10 bits per heavy atom. The number of hydrogen-bond acceptors (Lipinski definition) is 3. The Labute approximate surface area is 126 Å². The highest BCUT2D eigenvalue weighted by Gasteiger charge is 2.49. The van der Waals surface area contributed by atoms with Gasteiger partial charge in [0.15, 0.2) is 6.29 Å². The SMILES string of the molecule is CC(C)n1cc2cc(C3OC(C)(C)C(C)(C)O3)ccc2n1. The molecule has 0 amide bonds. The second kappa shape index (κ2) is 4.55. The lowest BCUT2D eigenvalue weighted by atomic mass is 9.90. The van der Waals surface area contributed by atoms with E-state index in [-0.39, 0.29) is 17.5 Å². The van der Waals surface area contributed by atoms with E-state index < -0.39 is 0 Å². The number of ether oxygens (including phenoxy) is 2. The number of rotatable bonds is 2. The van der Waals surface area contributed by atoms with Crippen molar-refractivity contribution >= 4 is 10.9 Å². The molecule has 0 atom stereocenters. The van der Waals surface area contributed by atoms with Crippen LogP contribution in [0.5, 0.6) is 0 Å². The van der Waals surface area contributed by atoms with E-state index >= 15 is 0 Å². The van der Waals surface area contributed by atoms with Gasteiger partial charge in [0, 0.05) is 23.2 Å². The molecule has 4 nitrogen and oxygen atoms in total. The van der Waals surface area contributed by atoms with Gasteiger partial charge in [0.25, 0.3) is 0 Å². The quantitative estimate of drug-likeness (QED) is 0.830. The van der Waals surface area contributed by atoms with Crippen LogP contribution in [0.25, 0.3) is 10.9 Å². The Morgan fingerprint density at radius 3 is 2.29 bits per heavy atom. The monoisotopic (exact) mass is 288 g/mol. The van der Waals surface area contributed by atoms with E-state index in [2.05, 4.69) is 58.9 Å². The van der Waals surface area contributed by atoms with E-state index in [1.165, 1.54) is 0 Å². The molecule has 2 aromatic rings. The van der Waals surface area contributed by atoms with Crippen molar-refractivity contribution in [3.63, 3.8) is 0 Å². The molecule has 4 heteroatoms. The van der Waals surface area contributed by atoms with Gasteiger partial charge in [0.1, 0.15) is 0 Å². The van der Waals surface area contributed by atoms with Crippen molar-refractivity contribution in [1.82, 2.24) is 9.78 Å². The summed E-state index contributed by atoms with van der Waals surface area (Å²) in [5.74, 6) is 0. The largest absolute Gasteiger partial charge is 0.339 e. The second-order valence-electron chi connectivity index (χ2n) is 7.11. The molecule has 0 radical (unpaired) electrons. The molecule has 1 aromatic carbocycles. The molecule has 0 saturated carbocycles. The van der Waals surface area contributed by atoms with Gasteiger partial charge in [-0.2, -0.15) is 5.10 Å². The summed E-state index contributed by atoms with van der Waals surface area (Å²) in [5.41, 5.74) is 1.43. The fourth-order valence-corrected chi connectivity index (χ4v) is 2.45. The van der Waals surface area contributed by atoms with Crippen molar-refractivity contribution in [2.45, 2.75) is 65.1 Å². The van der Waals surface area contributed by atoms with Crippen LogP contribution in [0.3, 0.4) is 0 Å². The van der Waals surface area contributed by atoms with Crippen molar-refractivity contribution in [3.05, 3.63) is 30.0 Å². The van der Waals surface area contributed by atoms with E-state index in [4.69, 9.17) is 9.47 Å². The summed E-state index contributed by atoms with van der Waals surface area (Å²) in [6.07, 6.45) is 1.76. The normalized spacial score (nSPS) is 21.5. The molecule has 0 aliphatic carbocycles. The van der Waals surface area contributed by atoms with Crippen molar-refractivity contribution < 1.29 is 9.47 Å². The van der Waals surface area contributed by atoms with Crippen LogP contribution in [-0.2, 0) is 9.47 Å². The maximum Gasteiger partial charge on any atom is 0.185 e. The van der Waals surface area contributed by atoms with Crippen molar-refractivity contribution in [2.24, 2.45) is 0 Å². The van der Waals surface area contributed by atoms with Crippen LogP contribution >= 0.6 is 0 Å². The van der Waals surface area contributed by atoms with Crippen LogP contribution in [0.1, 0.15) is 59.4 Å². The third kappa shape index (κ3) is 2.36. The predicted molar refractivity (Wildman–Crippen MR) is 83.2 cm³/mol. The maximum absolute atomic E-state index is 6.10. The molecule has 21 heavy (non-hydrogen) atoms. The molecule has 0 N–H and O–H groups in total. The van der Waals surface area contributed by atoms with E-state index in [0.717, 1.165) is 16.5 Å². The molecule has 3 rings (SSSR count). The molecule has 0 unspecified atom stereocenters. The molecule has 0 spiro atoms. The van der Waals surface area contributed by atoms with E-state index in [1.807, 2.05) is 16.8 Å². The number of hydrogen-bond donors (Lipinski definition) is 0. The summed E-state index contributed by atoms with van der Waals surface area (Å²) in [6.45, 7) is 12.5. The van der Waals surface area contributed by atoms with E-state index in [1.54, 1.807) is 0 Å². The first-order valence-electron chi connectivity index (χ1n) is 7.54. The summed E-state index contributed by atoms with van der Waals surface area (Å²) in [6, 6.07) is 6.55. The third-order valence-electron chi connectivity index (χ3n) is 4.60. The lowest BCUT2D eigenvalue weighted by Gasteiger charge is -2.30. The van der Waals surface area contributed by atoms with Crippen LogP contribution in [0, 0.1) is 0 Å². The van der Waals surface area contributed by atoms with Crippen LogP contribution < -0.4 is 0 Å². The predicted octanol–water partition coefficient (Wildman–Crippen LogP) is 4.22. The Hall–Kier alpha value is -1.39. The summed E-state index contributed by atoms with van der Waals surface area (Å²) in [4.78, 5) is 0. The van der Waals surface area contributed by atoms with Crippen molar-refractivity contribution in [3.8, 4) is 0 Å². The number of fused-ring (bicyclic) bond motifs is 1. The maximum atomic E-state index is 6.10. The van der Waals surface area contributed by atoms with Gasteiger partial charge in [-0.15, -0.1) is 0 Å². The minimum atomic E-state index is -0.318. The first-order chi connectivity index (χ1) is 9.69. The van der Waals surface area contributed by atoms with Crippen LogP contribution in [0.15, 0.2) is 24.4 Å². The smallest absolute Gasteiger partial charge is 0.185 e. The van der Waals surface area contributed by atoms with E-state index in [9.17, 15) is 0 Å². The van der Waals surface area contributed by atoms with Gasteiger partial charge in [0.2, 0.25) is 0 Å². The van der Waals surface area contributed by atoms with Gasteiger partial charge >= 0.3 is 0 Å². The summed E-state index contributed by atoms with van der Waals surface area (Å²) in [5, 5.41) is 5.69. The molecule has 1 aromatic heterocycles. The molecule has 1 saturated heterocycles. The second-order valence-corrected chi connectivity index (χ2v) is 7.11. The fourth-order valence-electron chi connectivity index (χ4n) is 2.45. The van der Waals surface area contributed by atoms with Gasteiger partial charge in [-0.3, -0.25) is 4.68 Å². The van der Waals surface area contributed by atoms with E-state index in [0.29, 0.717) is 6.04 Å². The van der Waals surface area contributed by atoms with Crippen molar-refractivity contribution in [1.29, 1.82) is 0 Å². The zero-order chi connectivity index (χ0) is 15.4. The first kappa shape index (κ1) is 14.5. The summed E-state index contributed by atoms with van der Waals surface area (Å²) in [7, 11) is 0. The average Bonchev–Trinajstić information content (AvgIpc) is 2.88. The molecular formula is C17H24N2O2. The zero-order valence-electron chi connectivity index (χ0n) is 13.7. The van der Waals surface area contributed by atoms with Crippen LogP contribution in [0.2, 0.25) is 0 Å². The third-order valence-corrected chi connectivity index (χ3v) is 4.60.